The summed E-state index contributed by atoms with van der Waals surface area (Å²) < 4.78 is 28.5. The summed E-state index contributed by atoms with van der Waals surface area (Å²) in [4.78, 5) is 32.3. The predicted octanol–water partition coefficient (Wildman–Crippen LogP) is 2.32. The van der Waals surface area contributed by atoms with E-state index < -0.39 is 21.9 Å². The van der Waals surface area contributed by atoms with Crippen LogP contribution in [-0.4, -0.2) is 32.3 Å². The van der Waals surface area contributed by atoms with E-state index in [0.29, 0.717) is 35.4 Å². The second-order valence-electron chi connectivity index (χ2n) is 9.19. The lowest BCUT2D eigenvalue weighted by Crippen LogP contribution is -2.43. The van der Waals surface area contributed by atoms with Gasteiger partial charge in [0.1, 0.15) is 5.82 Å². The molecule has 0 spiro atoms. The van der Waals surface area contributed by atoms with Crippen molar-refractivity contribution in [1.82, 2.24) is 4.98 Å². The lowest BCUT2D eigenvalue weighted by atomic mass is 9.68. The minimum atomic E-state index is -3.90. The van der Waals surface area contributed by atoms with Crippen LogP contribution < -0.4 is 15.8 Å². The number of nitrogens with zero attached hydrogens (tertiary/aromatic N) is 2. The molecule has 0 bridgehead atoms. The first-order valence-corrected chi connectivity index (χ1v) is 12.2. The number of hydrogen-bond donors (Lipinski definition) is 2. The summed E-state index contributed by atoms with van der Waals surface area (Å²) in [5.41, 5.74) is 8.65. The molecule has 1 aliphatic carbocycles. The van der Waals surface area contributed by atoms with Crippen molar-refractivity contribution >= 4 is 27.5 Å². The number of carbonyl (C=O) groups is 2. The normalized spacial score (nSPS) is 20.3. The Balaban J connectivity index is 2.00. The van der Waals surface area contributed by atoms with Crippen LogP contribution in [0.5, 0.6) is 0 Å². The van der Waals surface area contributed by atoms with Crippen LogP contribution in [0.3, 0.4) is 0 Å². The molecule has 1 aliphatic heterocycles. The largest absolute Gasteiger partial charge is 0.466 e. The molecule has 0 fully saturated rings. The standard InChI is InChI=1S/C24H26N4O5S/c1-24(2)11-17-20(18(29)12-24)19(14-5-4-10-27-13-14)21(23(30)33-3)22(25)28(17)15-6-8-16(9-7-15)34(26,31)32/h4-10,13,19H,11-12,25H2,1-3H3,(H2,26,31,32)/t19-/m1/s1. The Bertz CT molecular complexity index is 1330. The molecule has 1 aromatic carbocycles. The van der Waals surface area contributed by atoms with Gasteiger partial charge in [-0.05, 0) is 47.7 Å². The number of esters is 1. The number of ketones is 1. The van der Waals surface area contributed by atoms with E-state index >= 15 is 0 Å². The molecule has 0 saturated carbocycles. The fourth-order valence-electron chi connectivity index (χ4n) is 4.68. The highest BCUT2D eigenvalue weighted by Crippen LogP contribution is 2.50. The number of methoxy groups -OCH3 is 1. The Morgan fingerprint density at radius 1 is 1.18 bits per heavy atom. The molecule has 34 heavy (non-hydrogen) atoms. The summed E-state index contributed by atoms with van der Waals surface area (Å²) in [6, 6.07) is 9.33. The van der Waals surface area contributed by atoms with Crippen molar-refractivity contribution in [2.45, 2.75) is 37.5 Å². The molecular formula is C24H26N4O5S. The van der Waals surface area contributed by atoms with Gasteiger partial charge < -0.3 is 10.5 Å². The summed E-state index contributed by atoms with van der Waals surface area (Å²) in [7, 11) is -2.64. The average Bonchev–Trinajstić information content (AvgIpc) is 2.77. The van der Waals surface area contributed by atoms with Crippen LogP contribution in [0.1, 0.15) is 38.2 Å². The monoisotopic (exact) mass is 482 g/mol. The first kappa shape index (κ1) is 23.7. The number of nitrogens with two attached hydrogens (primary N) is 2. The highest BCUT2D eigenvalue weighted by atomic mass is 32.2. The Hall–Kier alpha value is -3.50. The molecule has 0 saturated heterocycles. The summed E-state index contributed by atoms with van der Waals surface area (Å²) in [5.74, 6) is -1.39. The number of carbonyl (C=O) groups excluding carboxylic acids is 2. The second kappa shape index (κ2) is 8.37. The molecule has 178 valence electrons. The number of pyridine rings is 1. The lowest BCUT2D eigenvalue weighted by Gasteiger charge is -2.44. The van der Waals surface area contributed by atoms with Gasteiger partial charge in [0.15, 0.2) is 5.78 Å². The number of primary sulfonamides is 1. The third-order valence-corrected chi connectivity index (χ3v) is 7.04. The van der Waals surface area contributed by atoms with Gasteiger partial charge in [-0.1, -0.05) is 19.9 Å². The van der Waals surface area contributed by atoms with Gasteiger partial charge in [-0.25, -0.2) is 18.4 Å². The minimum Gasteiger partial charge on any atom is -0.466 e. The second-order valence-corrected chi connectivity index (χ2v) is 10.7. The summed E-state index contributed by atoms with van der Waals surface area (Å²) in [6.45, 7) is 3.98. The Kier molecular flexibility index (Phi) is 5.82. The molecule has 1 atom stereocenters. The quantitative estimate of drug-likeness (QED) is 0.632. The van der Waals surface area contributed by atoms with Crippen molar-refractivity contribution < 1.29 is 22.7 Å². The fourth-order valence-corrected chi connectivity index (χ4v) is 5.19. The molecule has 9 nitrogen and oxygen atoms in total. The zero-order chi connectivity index (χ0) is 24.8. The van der Waals surface area contributed by atoms with Gasteiger partial charge in [0.05, 0.1) is 23.5 Å². The van der Waals surface area contributed by atoms with Crippen molar-refractivity contribution in [1.29, 1.82) is 0 Å². The van der Waals surface area contributed by atoms with E-state index in [1.54, 1.807) is 41.6 Å². The van der Waals surface area contributed by atoms with Crippen LogP contribution in [0.25, 0.3) is 0 Å². The molecule has 2 aliphatic rings. The number of benzene rings is 1. The number of allylic oxidation sites excluding steroid dienone is 2. The van der Waals surface area contributed by atoms with E-state index in [4.69, 9.17) is 15.6 Å². The molecule has 0 radical (unpaired) electrons. The van der Waals surface area contributed by atoms with Gasteiger partial charge in [0, 0.05) is 35.8 Å². The highest BCUT2D eigenvalue weighted by Gasteiger charge is 2.46. The van der Waals surface area contributed by atoms with Crippen LogP contribution in [-0.2, 0) is 24.3 Å². The first-order chi connectivity index (χ1) is 15.9. The molecule has 2 aromatic rings. The summed E-state index contributed by atoms with van der Waals surface area (Å²) in [6.07, 6.45) is 4.03. The third kappa shape index (κ3) is 4.10. The topological polar surface area (TPSA) is 146 Å². The summed E-state index contributed by atoms with van der Waals surface area (Å²) in [5, 5.41) is 5.24. The van der Waals surface area contributed by atoms with Gasteiger partial charge in [-0.2, -0.15) is 0 Å². The Morgan fingerprint density at radius 3 is 2.41 bits per heavy atom. The van der Waals surface area contributed by atoms with Gasteiger partial charge >= 0.3 is 5.97 Å². The van der Waals surface area contributed by atoms with E-state index in [2.05, 4.69) is 4.98 Å². The number of hydrogen-bond acceptors (Lipinski definition) is 8. The fraction of sp³-hybridized carbons (Fsp3) is 0.292. The Labute approximate surface area is 198 Å². The van der Waals surface area contributed by atoms with E-state index in [0.717, 1.165) is 0 Å². The zero-order valence-electron chi connectivity index (χ0n) is 19.1. The maximum Gasteiger partial charge on any atom is 0.338 e. The van der Waals surface area contributed by atoms with Crippen LogP contribution in [0.15, 0.2) is 76.4 Å². The number of anilines is 1. The maximum atomic E-state index is 13.5. The highest BCUT2D eigenvalue weighted by molar-refractivity contribution is 7.89. The van der Waals surface area contributed by atoms with Crippen molar-refractivity contribution in [2.75, 3.05) is 12.0 Å². The van der Waals surface area contributed by atoms with E-state index in [1.807, 2.05) is 13.8 Å². The number of ether oxygens (including phenoxy) is 1. The van der Waals surface area contributed by atoms with Crippen LogP contribution in [0.4, 0.5) is 5.69 Å². The van der Waals surface area contributed by atoms with E-state index in [1.165, 1.54) is 19.2 Å². The van der Waals surface area contributed by atoms with Gasteiger partial charge in [-0.3, -0.25) is 14.7 Å². The van der Waals surface area contributed by atoms with E-state index in [-0.39, 0.29) is 27.5 Å². The maximum absolute atomic E-state index is 13.5. The SMILES string of the molecule is COC(=O)C1=C(N)N(c2ccc(S(N)(=O)=O)cc2)C2=C(C(=O)CC(C)(C)C2)[C@H]1c1cccnc1. The van der Waals surface area contributed by atoms with Gasteiger partial charge in [-0.15, -0.1) is 0 Å². The molecule has 0 unspecified atom stereocenters. The lowest BCUT2D eigenvalue weighted by molar-refractivity contribution is -0.136. The van der Waals surface area contributed by atoms with Crippen LogP contribution in [0, 0.1) is 5.41 Å². The predicted molar refractivity (Wildman–Crippen MR) is 126 cm³/mol. The average molecular weight is 483 g/mol. The number of aromatic nitrogens is 1. The smallest absolute Gasteiger partial charge is 0.338 e. The first-order valence-electron chi connectivity index (χ1n) is 10.6. The van der Waals surface area contributed by atoms with Crippen molar-refractivity contribution in [3.05, 3.63) is 77.0 Å². The summed E-state index contributed by atoms with van der Waals surface area (Å²) >= 11 is 0. The molecule has 10 heteroatoms. The number of rotatable bonds is 4. The van der Waals surface area contributed by atoms with Crippen LogP contribution >= 0.6 is 0 Å². The third-order valence-electron chi connectivity index (χ3n) is 6.11. The molecule has 4 rings (SSSR count). The van der Waals surface area contributed by atoms with Crippen molar-refractivity contribution in [2.24, 2.45) is 16.3 Å². The molecule has 4 N–H and O–H groups in total. The number of sulfonamides is 1. The van der Waals surface area contributed by atoms with Gasteiger partial charge in [0.2, 0.25) is 10.0 Å². The van der Waals surface area contributed by atoms with Gasteiger partial charge in [0.25, 0.3) is 0 Å². The molecule has 1 aromatic heterocycles. The zero-order valence-corrected chi connectivity index (χ0v) is 19.9. The molecule has 0 amide bonds. The van der Waals surface area contributed by atoms with Crippen molar-refractivity contribution in [3.8, 4) is 0 Å². The molecular weight excluding hydrogens is 456 g/mol. The molecule has 2 heterocycles. The van der Waals surface area contributed by atoms with Crippen molar-refractivity contribution in [3.63, 3.8) is 0 Å². The van der Waals surface area contributed by atoms with Crippen LogP contribution in [0.2, 0.25) is 0 Å². The Morgan fingerprint density at radius 2 is 1.85 bits per heavy atom. The van der Waals surface area contributed by atoms with E-state index in [9.17, 15) is 18.0 Å². The minimum absolute atomic E-state index is 0.0634. The number of Topliss-reactive ketones (excluding diaryl/α,β-unsaturated/α-hetero) is 1.